The maximum Gasteiger partial charge on any atom is 0.276 e. The smallest absolute Gasteiger partial charge is 0.276 e. The van der Waals surface area contributed by atoms with Gasteiger partial charge >= 0.3 is 0 Å². The molecule has 4 rings (SSSR count). The van der Waals surface area contributed by atoms with Gasteiger partial charge in [0.1, 0.15) is 0 Å². The van der Waals surface area contributed by atoms with Crippen molar-refractivity contribution in [2.24, 2.45) is 4.99 Å². The van der Waals surface area contributed by atoms with E-state index in [1.54, 1.807) is 47.6 Å². The van der Waals surface area contributed by atoms with Crippen molar-refractivity contribution in [3.63, 3.8) is 0 Å². The van der Waals surface area contributed by atoms with Crippen LogP contribution in [0.5, 0.6) is 0 Å². The minimum atomic E-state index is -0.431. The second kappa shape index (κ2) is 8.57. The van der Waals surface area contributed by atoms with Gasteiger partial charge in [0, 0.05) is 18.3 Å². The van der Waals surface area contributed by atoms with Crippen LogP contribution < -0.4 is 0 Å². The van der Waals surface area contributed by atoms with Crippen LogP contribution in [0.1, 0.15) is 37.7 Å². The molecule has 1 saturated heterocycles. The van der Waals surface area contributed by atoms with Crippen LogP contribution in [-0.2, 0) is 4.79 Å². The van der Waals surface area contributed by atoms with Crippen molar-refractivity contribution in [2.45, 2.75) is 38.1 Å². The molecule has 0 bridgehead atoms. The Kier molecular flexibility index (Phi) is 5.71. The Bertz CT molecular complexity index is 984. The molecular weight excluding hydrogens is 388 g/mol. The molecule has 0 radical (unpaired) electrons. The lowest BCUT2D eigenvalue weighted by molar-refractivity contribution is -0.385. The third-order valence-corrected chi connectivity index (χ3v) is 6.05. The number of benzene rings is 1. The lowest BCUT2D eigenvalue weighted by Crippen LogP contribution is -2.40. The molecule has 1 amide bonds. The summed E-state index contributed by atoms with van der Waals surface area (Å²) in [6.07, 6.45) is 10.2. The summed E-state index contributed by atoms with van der Waals surface area (Å²) in [7, 11) is 0. The van der Waals surface area contributed by atoms with Crippen molar-refractivity contribution in [1.29, 1.82) is 0 Å². The number of amidine groups is 1. The average Bonchev–Trinajstić information content (AvgIpc) is 3.04. The fourth-order valence-corrected chi connectivity index (χ4v) is 4.72. The number of thioether (sulfide) groups is 1. The van der Waals surface area contributed by atoms with Crippen LogP contribution in [-0.4, -0.2) is 31.9 Å². The number of carbonyl (C=O) groups is 1. The molecule has 0 spiro atoms. The van der Waals surface area contributed by atoms with Gasteiger partial charge in [0.15, 0.2) is 5.17 Å². The largest absolute Gasteiger partial charge is 0.283 e. The van der Waals surface area contributed by atoms with Gasteiger partial charge < -0.3 is 0 Å². The number of aromatic nitrogens is 1. The van der Waals surface area contributed by atoms with E-state index in [9.17, 15) is 14.9 Å². The number of rotatable bonds is 4. The van der Waals surface area contributed by atoms with Gasteiger partial charge in [0.2, 0.25) is 0 Å². The van der Waals surface area contributed by atoms with E-state index in [1.807, 2.05) is 6.07 Å². The monoisotopic (exact) mass is 408 g/mol. The zero-order chi connectivity index (χ0) is 20.2. The lowest BCUT2D eigenvalue weighted by Gasteiger charge is -2.30. The molecule has 0 unspecified atom stereocenters. The molecule has 2 aliphatic rings. The topological polar surface area (TPSA) is 88.7 Å². The fraction of sp³-hybridized carbons (Fsp3) is 0.286. The van der Waals surface area contributed by atoms with Gasteiger partial charge in [0.25, 0.3) is 11.6 Å². The zero-order valence-corrected chi connectivity index (χ0v) is 16.5. The third kappa shape index (κ3) is 4.22. The van der Waals surface area contributed by atoms with E-state index in [1.165, 1.54) is 24.2 Å². The number of pyridine rings is 1. The maximum absolute atomic E-state index is 13.3. The van der Waals surface area contributed by atoms with Gasteiger partial charge in [-0.2, -0.15) is 0 Å². The predicted molar refractivity (Wildman–Crippen MR) is 114 cm³/mol. The van der Waals surface area contributed by atoms with Crippen LogP contribution >= 0.6 is 11.8 Å². The van der Waals surface area contributed by atoms with Gasteiger partial charge in [-0.25, -0.2) is 4.99 Å². The van der Waals surface area contributed by atoms with Crippen LogP contribution in [0.4, 0.5) is 11.4 Å². The van der Waals surface area contributed by atoms with Crippen molar-refractivity contribution in [3.8, 4) is 0 Å². The second-order valence-electron chi connectivity index (χ2n) is 7.00. The highest BCUT2D eigenvalue weighted by molar-refractivity contribution is 8.18. The van der Waals surface area contributed by atoms with E-state index in [0.29, 0.717) is 21.3 Å². The highest BCUT2D eigenvalue weighted by Crippen LogP contribution is 2.39. The summed E-state index contributed by atoms with van der Waals surface area (Å²) in [6, 6.07) is 10.2. The summed E-state index contributed by atoms with van der Waals surface area (Å²) in [5, 5.41) is 11.9. The molecule has 2 fully saturated rings. The highest BCUT2D eigenvalue weighted by Gasteiger charge is 2.39. The van der Waals surface area contributed by atoms with Crippen molar-refractivity contribution in [3.05, 3.63) is 69.4 Å². The summed E-state index contributed by atoms with van der Waals surface area (Å²) in [5.74, 6) is -0.136. The molecule has 2 heterocycles. The van der Waals surface area contributed by atoms with E-state index in [0.717, 1.165) is 25.7 Å². The lowest BCUT2D eigenvalue weighted by atomic mass is 9.94. The van der Waals surface area contributed by atoms with Crippen LogP contribution in [0.25, 0.3) is 6.08 Å². The first kappa shape index (κ1) is 19.3. The molecule has 7 nitrogen and oxygen atoms in total. The number of aliphatic imine (C=N–C) groups is 1. The fourth-order valence-electron chi connectivity index (χ4n) is 3.67. The van der Waals surface area contributed by atoms with E-state index in [4.69, 9.17) is 0 Å². The van der Waals surface area contributed by atoms with Crippen LogP contribution in [0.3, 0.4) is 0 Å². The predicted octanol–water partition coefficient (Wildman–Crippen LogP) is 4.93. The van der Waals surface area contributed by atoms with E-state index in [-0.39, 0.29) is 17.6 Å². The minimum Gasteiger partial charge on any atom is -0.283 e. The number of nitrogens with zero attached hydrogens (tertiary/aromatic N) is 4. The first-order chi connectivity index (χ1) is 14.1. The summed E-state index contributed by atoms with van der Waals surface area (Å²) in [5.41, 5.74) is 1.07. The third-order valence-electron chi connectivity index (χ3n) is 5.07. The number of nitro benzene ring substituents is 1. The Balaban J connectivity index is 1.73. The van der Waals surface area contributed by atoms with Crippen molar-refractivity contribution in [2.75, 3.05) is 0 Å². The molecule has 0 N–H and O–H groups in total. The van der Waals surface area contributed by atoms with Crippen molar-refractivity contribution in [1.82, 2.24) is 9.88 Å². The van der Waals surface area contributed by atoms with Crippen LogP contribution in [0.2, 0.25) is 0 Å². The van der Waals surface area contributed by atoms with Gasteiger partial charge in [-0.3, -0.25) is 24.8 Å². The number of hydrogen-bond donors (Lipinski definition) is 0. The molecule has 29 heavy (non-hydrogen) atoms. The highest BCUT2D eigenvalue weighted by atomic mass is 32.2. The van der Waals surface area contributed by atoms with E-state index >= 15 is 0 Å². The Hall–Kier alpha value is -3.00. The molecule has 8 heteroatoms. The maximum atomic E-state index is 13.3. The molecule has 0 atom stereocenters. The summed E-state index contributed by atoms with van der Waals surface area (Å²) in [6.45, 7) is 0. The molecule has 2 aromatic rings. The summed E-state index contributed by atoms with van der Waals surface area (Å²) < 4.78 is 0. The van der Waals surface area contributed by atoms with E-state index in [2.05, 4.69) is 9.98 Å². The zero-order valence-electron chi connectivity index (χ0n) is 15.7. The number of nitro groups is 1. The molecular formula is C21H20N4O3S. The first-order valence-corrected chi connectivity index (χ1v) is 10.4. The second-order valence-corrected chi connectivity index (χ2v) is 8.01. The number of carbonyl (C=O) groups excluding carboxylic acids is 1. The van der Waals surface area contributed by atoms with Gasteiger partial charge in [-0.1, -0.05) is 31.4 Å². The van der Waals surface area contributed by atoms with E-state index < -0.39 is 4.92 Å². The van der Waals surface area contributed by atoms with Gasteiger partial charge in [-0.15, -0.1) is 0 Å². The first-order valence-electron chi connectivity index (χ1n) is 9.59. The minimum absolute atomic E-state index is 0.0183. The molecule has 148 valence electrons. The molecule has 1 saturated carbocycles. The Labute approximate surface area is 172 Å². The van der Waals surface area contributed by atoms with Gasteiger partial charge in [0.05, 0.1) is 27.3 Å². The number of para-hydroxylation sites is 1. The molecule has 1 aliphatic carbocycles. The Morgan fingerprint density at radius 3 is 2.69 bits per heavy atom. The standard InChI is InChI=1S/C21H20N4O3S/c26-20-19(13-15-7-4-5-11-18(15)25(27)28)29-21(23-16-8-6-12-22-14-16)24(20)17-9-2-1-3-10-17/h4-8,11-14,17H,1-3,9-10H2/b19-13-,23-21?. The molecule has 1 aliphatic heterocycles. The van der Waals surface area contributed by atoms with Crippen LogP contribution in [0.15, 0.2) is 58.7 Å². The summed E-state index contributed by atoms with van der Waals surface area (Å²) in [4.78, 5) is 35.1. The van der Waals surface area contributed by atoms with Crippen molar-refractivity contribution >= 4 is 40.3 Å². The number of hydrogen-bond acceptors (Lipinski definition) is 6. The quantitative estimate of drug-likeness (QED) is 0.407. The SMILES string of the molecule is O=C1/C(=C/c2ccccc2[N+](=O)[O-])SC(=Nc2cccnc2)N1C1CCCCC1. The average molecular weight is 408 g/mol. The van der Waals surface area contributed by atoms with Crippen molar-refractivity contribution < 1.29 is 9.72 Å². The number of amides is 1. The Morgan fingerprint density at radius 1 is 1.17 bits per heavy atom. The van der Waals surface area contributed by atoms with Crippen LogP contribution in [0, 0.1) is 10.1 Å². The summed E-state index contributed by atoms with van der Waals surface area (Å²) >= 11 is 1.27. The van der Waals surface area contributed by atoms with Gasteiger partial charge in [-0.05, 0) is 48.9 Å². The molecule has 1 aromatic carbocycles. The normalized spacial score (nSPS) is 20.6. The Morgan fingerprint density at radius 2 is 1.97 bits per heavy atom. The molecule has 1 aromatic heterocycles.